The second kappa shape index (κ2) is 8.28. The van der Waals surface area contributed by atoms with Gasteiger partial charge in [-0.15, -0.1) is 0 Å². The highest BCUT2D eigenvalue weighted by Crippen LogP contribution is 2.27. The van der Waals surface area contributed by atoms with Crippen molar-refractivity contribution in [2.45, 2.75) is 13.8 Å². The standard InChI is InChI=1S/C25H21N3O3/c1-16-13-17(2)22(20(14-16)25(30)31)26-15-21-23(18-9-5-3-6-10-18)27-28(24(21)29)19-11-7-4-8-12-19/h3-15,27H,1-2H3,(H,30,31). The lowest BCUT2D eigenvalue weighted by Gasteiger charge is -2.06. The summed E-state index contributed by atoms with van der Waals surface area (Å²) < 4.78 is 1.46. The van der Waals surface area contributed by atoms with Gasteiger partial charge in [-0.05, 0) is 43.2 Å². The maximum absolute atomic E-state index is 13.3. The van der Waals surface area contributed by atoms with Crippen LogP contribution in [0.2, 0.25) is 0 Å². The molecule has 0 atom stereocenters. The Morgan fingerprint density at radius 3 is 2.29 bits per heavy atom. The molecule has 4 rings (SSSR count). The summed E-state index contributed by atoms with van der Waals surface area (Å²) in [5.41, 5.74) is 4.23. The molecule has 0 saturated heterocycles. The van der Waals surface area contributed by atoms with Gasteiger partial charge >= 0.3 is 5.97 Å². The van der Waals surface area contributed by atoms with Crippen LogP contribution >= 0.6 is 0 Å². The van der Waals surface area contributed by atoms with Gasteiger partial charge in [0.25, 0.3) is 5.56 Å². The number of carboxylic acids is 1. The lowest BCUT2D eigenvalue weighted by Crippen LogP contribution is -2.17. The Morgan fingerprint density at radius 1 is 1.00 bits per heavy atom. The minimum Gasteiger partial charge on any atom is -0.478 e. The Bertz CT molecular complexity index is 1330. The third-order valence-electron chi connectivity index (χ3n) is 5.00. The Morgan fingerprint density at radius 2 is 1.65 bits per heavy atom. The smallest absolute Gasteiger partial charge is 0.337 e. The number of aromatic nitrogens is 2. The summed E-state index contributed by atoms with van der Waals surface area (Å²) in [6.07, 6.45) is 1.45. The van der Waals surface area contributed by atoms with Crippen LogP contribution in [0.5, 0.6) is 0 Å². The van der Waals surface area contributed by atoms with Gasteiger partial charge in [-0.25, -0.2) is 9.48 Å². The van der Waals surface area contributed by atoms with Crippen LogP contribution in [0, 0.1) is 13.8 Å². The van der Waals surface area contributed by atoms with Gasteiger partial charge in [-0.2, -0.15) is 0 Å². The van der Waals surface area contributed by atoms with E-state index in [9.17, 15) is 14.7 Å². The number of nitrogens with zero attached hydrogens (tertiary/aromatic N) is 2. The summed E-state index contributed by atoms with van der Waals surface area (Å²) >= 11 is 0. The van der Waals surface area contributed by atoms with Gasteiger partial charge in [-0.1, -0.05) is 54.6 Å². The highest BCUT2D eigenvalue weighted by molar-refractivity contribution is 5.97. The summed E-state index contributed by atoms with van der Waals surface area (Å²) in [5.74, 6) is -1.06. The fourth-order valence-electron chi connectivity index (χ4n) is 3.58. The van der Waals surface area contributed by atoms with Crippen LogP contribution in [-0.4, -0.2) is 27.1 Å². The molecule has 6 heteroatoms. The summed E-state index contributed by atoms with van der Waals surface area (Å²) in [6, 6.07) is 22.2. The van der Waals surface area contributed by atoms with Gasteiger partial charge in [0.2, 0.25) is 0 Å². The Balaban J connectivity index is 1.90. The van der Waals surface area contributed by atoms with Crippen LogP contribution in [0.3, 0.4) is 0 Å². The van der Waals surface area contributed by atoms with E-state index in [2.05, 4.69) is 10.1 Å². The van der Waals surface area contributed by atoms with E-state index in [-0.39, 0.29) is 11.1 Å². The molecule has 1 heterocycles. The van der Waals surface area contributed by atoms with Crippen molar-refractivity contribution in [2.75, 3.05) is 0 Å². The quantitative estimate of drug-likeness (QED) is 0.458. The van der Waals surface area contributed by atoms with E-state index in [1.54, 1.807) is 6.07 Å². The first kappa shape index (κ1) is 20.1. The van der Waals surface area contributed by atoms with Crippen LogP contribution in [0.4, 0.5) is 5.69 Å². The summed E-state index contributed by atoms with van der Waals surface area (Å²) in [6.45, 7) is 3.65. The lowest BCUT2D eigenvalue weighted by atomic mass is 10.0. The number of aromatic carboxylic acids is 1. The molecule has 2 N–H and O–H groups in total. The van der Waals surface area contributed by atoms with E-state index in [0.29, 0.717) is 22.6 Å². The first-order chi connectivity index (χ1) is 15.0. The zero-order valence-corrected chi connectivity index (χ0v) is 17.2. The van der Waals surface area contributed by atoms with Gasteiger partial charge in [0, 0.05) is 11.8 Å². The number of aryl methyl sites for hydroxylation is 2. The summed E-state index contributed by atoms with van der Waals surface area (Å²) in [4.78, 5) is 29.5. The molecule has 0 amide bonds. The minimum absolute atomic E-state index is 0.105. The molecule has 0 bridgehead atoms. The molecule has 0 aliphatic carbocycles. The van der Waals surface area contributed by atoms with Crippen molar-refractivity contribution < 1.29 is 9.90 Å². The van der Waals surface area contributed by atoms with Crippen LogP contribution in [0.1, 0.15) is 27.0 Å². The average molecular weight is 411 g/mol. The molecule has 0 spiro atoms. The highest BCUT2D eigenvalue weighted by atomic mass is 16.4. The molecular weight excluding hydrogens is 390 g/mol. The molecule has 0 fully saturated rings. The highest BCUT2D eigenvalue weighted by Gasteiger charge is 2.17. The van der Waals surface area contributed by atoms with Crippen LogP contribution in [0.25, 0.3) is 16.9 Å². The van der Waals surface area contributed by atoms with Gasteiger partial charge < -0.3 is 5.11 Å². The predicted molar refractivity (Wildman–Crippen MR) is 122 cm³/mol. The molecule has 3 aromatic carbocycles. The van der Waals surface area contributed by atoms with Crippen LogP contribution in [-0.2, 0) is 0 Å². The maximum Gasteiger partial charge on any atom is 0.337 e. The maximum atomic E-state index is 13.3. The first-order valence-corrected chi connectivity index (χ1v) is 9.80. The number of aliphatic imine (C=N–C) groups is 1. The second-order valence-electron chi connectivity index (χ2n) is 7.28. The van der Waals surface area contributed by atoms with E-state index in [4.69, 9.17) is 0 Å². The number of carboxylic acid groups (broad SMARTS) is 1. The van der Waals surface area contributed by atoms with Crippen molar-refractivity contribution >= 4 is 17.9 Å². The number of rotatable bonds is 5. The fourth-order valence-corrected chi connectivity index (χ4v) is 3.58. The number of nitrogens with one attached hydrogen (secondary N) is 1. The van der Waals surface area contributed by atoms with Gasteiger partial charge in [0.1, 0.15) is 0 Å². The third kappa shape index (κ3) is 3.96. The zero-order chi connectivity index (χ0) is 22.0. The van der Waals surface area contributed by atoms with Gasteiger partial charge in [0.15, 0.2) is 0 Å². The Labute approximate surface area is 179 Å². The van der Waals surface area contributed by atoms with Crippen molar-refractivity contribution in [1.82, 2.24) is 9.78 Å². The first-order valence-electron chi connectivity index (χ1n) is 9.80. The van der Waals surface area contributed by atoms with Gasteiger partial charge in [-0.3, -0.25) is 14.9 Å². The normalized spacial score (nSPS) is 11.2. The summed E-state index contributed by atoms with van der Waals surface area (Å²) in [7, 11) is 0. The Kier molecular flexibility index (Phi) is 5.37. The SMILES string of the molecule is Cc1cc(C)c(N=Cc2c(-c3ccccc3)[nH]n(-c3ccccc3)c2=O)c(C(=O)O)c1. The van der Waals surface area contributed by atoms with Crippen molar-refractivity contribution in [3.8, 4) is 16.9 Å². The van der Waals surface area contributed by atoms with E-state index in [1.807, 2.05) is 80.6 Å². The molecule has 6 nitrogen and oxygen atoms in total. The predicted octanol–water partition coefficient (Wildman–Crippen LogP) is 4.90. The molecule has 31 heavy (non-hydrogen) atoms. The largest absolute Gasteiger partial charge is 0.478 e. The number of hydrogen-bond acceptors (Lipinski definition) is 3. The van der Waals surface area contributed by atoms with Crippen molar-refractivity contribution in [1.29, 1.82) is 0 Å². The lowest BCUT2D eigenvalue weighted by molar-refractivity contribution is 0.0697. The number of aromatic amines is 1. The number of benzene rings is 3. The average Bonchev–Trinajstić information content (AvgIpc) is 3.10. The number of carbonyl (C=O) groups is 1. The molecule has 4 aromatic rings. The second-order valence-corrected chi connectivity index (χ2v) is 7.28. The zero-order valence-electron chi connectivity index (χ0n) is 17.2. The summed E-state index contributed by atoms with van der Waals surface area (Å²) in [5, 5.41) is 12.8. The van der Waals surface area contributed by atoms with E-state index >= 15 is 0 Å². The number of para-hydroxylation sites is 1. The molecule has 0 aliphatic rings. The van der Waals surface area contributed by atoms with Crippen molar-refractivity contribution in [3.63, 3.8) is 0 Å². The van der Waals surface area contributed by atoms with Crippen molar-refractivity contribution in [2.24, 2.45) is 4.99 Å². The van der Waals surface area contributed by atoms with E-state index in [1.165, 1.54) is 10.9 Å². The van der Waals surface area contributed by atoms with Crippen molar-refractivity contribution in [3.05, 3.63) is 105 Å². The monoisotopic (exact) mass is 411 g/mol. The molecule has 0 saturated carbocycles. The fraction of sp³-hybridized carbons (Fsp3) is 0.0800. The van der Waals surface area contributed by atoms with Crippen LogP contribution in [0.15, 0.2) is 82.6 Å². The molecule has 1 aromatic heterocycles. The van der Waals surface area contributed by atoms with E-state index < -0.39 is 5.97 Å². The molecular formula is C25H21N3O3. The van der Waals surface area contributed by atoms with E-state index in [0.717, 1.165) is 16.7 Å². The molecule has 0 aliphatic heterocycles. The molecule has 0 radical (unpaired) electrons. The third-order valence-corrected chi connectivity index (χ3v) is 5.00. The van der Waals surface area contributed by atoms with Crippen LogP contribution < -0.4 is 5.56 Å². The minimum atomic E-state index is -1.06. The molecule has 0 unspecified atom stereocenters. The number of hydrogen-bond donors (Lipinski definition) is 2. The number of H-pyrrole nitrogens is 1. The topological polar surface area (TPSA) is 87.5 Å². The molecule has 154 valence electrons. The Hall–Kier alpha value is -4.19. The van der Waals surface area contributed by atoms with Gasteiger partial charge in [0.05, 0.1) is 28.2 Å².